The average molecular weight is 536 g/mol. The Bertz CT molecular complexity index is 1190. The highest BCUT2D eigenvalue weighted by Crippen LogP contribution is 2.23. The zero-order valence-electron chi connectivity index (χ0n) is 20.4. The number of alkyl halides is 3. The van der Waals surface area contributed by atoms with E-state index in [0.717, 1.165) is 69.4 Å². The molecule has 5 rings (SSSR count). The molecule has 0 spiro atoms. The Morgan fingerprint density at radius 3 is 2.26 bits per heavy atom. The van der Waals surface area contributed by atoms with Crippen molar-refractivity contribution in [3.63, 3.8) is 0 Å². The molecule has 14 heteroatoms. The summed E-state index contributed by atoms with van der Waals surface area (Å²) < 4.78 is 38.9. The summed E-state index contributed by atoms with van der Waals surface area (Å²) in [6.07, 6.45) is -0.311. The maximum absolute atomic E-state index is 10.6. The lowest BCUT2D eigenvalue weighted by Crippen LogP contribution is -2.36. The number of nitrogens with zero attached hydrogens (tertiary/aromatic N) is 6. The van der Waals surface area contributed by atoms with Crippen molar-refractivity contribution < 1.29 is 32.9 Å². The topological polar surface area (TPSA) is 129 Å². The number of benzene rings is 1. The number of nitrogens with one attached hydrogen (secondary N) is 1. The molecule has 2 aliphatic rings. The molecule has 0 aliphatic carbocycles. The van der Waals surface area contributed by atoms with Crippen LogP contribution in [0.25, 0.3) is 5.69 Å². The molecule has 11 nitrogen and oxygen atoms in total. The lowest BCUT2D eigenvalue weighted by atomic mass is 10.1. The third-order valence-electron chi connectivity index (χ3n) is 5.99. The van der Waals surface area contributed by atoms with Gasteiger partial charge in [-0.1, -0.05) is 0 Å². The number of carboxylic acid groups (broad SMARTS) is 1. The predicted molar refractivity (Wildman–Crippen MR) is 133 cm³/mol. The molecule has 0 radical (unpaired) electrons. The summed E-state index contributed by atoms with van der Waals surface area (Å²) in [5.41, 5.74) is 3.07. The summed E-state index contributed by atoms with van der Waals surface area (Å²) in [5.74, 6) is -1.32. The largest absolute Gasteiger partial charge is 0.490 e. The van der Waals surface area contributed by atoms with Gasteiger partial charge in [0.2, 0.25) is 5.95 Å². The van der Waals surface area contributed by atoms with Gasteiger partial charge >= 0.3 is 12.1 Å². The molecule has 2 aromatic heterocycles. The Hall–Kier alpha value is -3.91. The third-order valence-corrected chi connectivity index (χ3v) is 5.99. The summed E-state index contributed by atoms with van der Waals surface area (Å²) in [6.45, 7) is 4.95. The number of ether oxygens (including phenoxy) is 1. The van der Waals surface area contributed by atoms with E-state index >= 15 is 0 Å². The van der Waals surface area contributed by atoms with Crippen LogP contribution in [0.2, 0.25) is 0 Å². The maximum Gasteiger partial charge on any atom is 0.490 e. The Labute approximate surface area is 216 Å². The molecule has 2 saturated heterocycles. The molecule has 0 amide bonds. The van der Waals surface area contributed by atoms with E-state index in [1.807, 2.05) is 12.1 Å². The summed E-state index contributed by atoms with van der Waals surface area (Å²) in [7, 11) is 0. The van der Waals surface area contributed by atoms with Crippen molar-refractivity contribution in [2.24, 2.45) is 0 Å². The summed E-state index contributed by atoms with van der Waals surface area (Å²) >= 11 is 0. The third kappa shape index (κ3) is 7.32. The van der Waals surface area contributed by atoms with Crippen LogP contribution in [0.3, 0.4) is 0 Å². The smallest absolute Gasteiger partial charge is 0.475 e. The number of aliphatic hydroxyl groups is 1. The van der Waals surface area contributed by atoms with Crippen LogP contribution in [0.1, 0.15) is 12.8 Å². The number of aromatic nitrogens is 4. The minimum Gasteiger partial charge on any atom is -0.475 e. The Morgan fingerprint density at radius 1 is 0.974 bits per heavy atom. The molecular formula is C24H28F3N7O4. The number of anilines is 4. The van der Waals surface area contributed by atoms with Crippen molar-refractivity contribution in [2.75, 3.05) is 54.5 Å². The normalized spacial score (nSPS) is 16.5. The van der Waals surface area contributed by atoms with E-state index in [-0.39, 0.29) is 6.10 Å². The monoisotopic (exact) mass is 535 g/mol. The molecule has 0 unspecified atom stereocenters. The number of aliphatic hydroxyl groups excluding tert-OH is 1. The fourth-order valence-electron chi connectivity index (χ4n) is 3.94. The zero-order chi connectivity index (χ0) is 27.1. The van der Waals surface area contributed by atoms with Crippen LogP contribution >= 0.6 is 0 Å². The van der Waals surface area contributed by atoms with E-state index in [9.17, 15) is 18.3 Å². The average Bonchev–Trinajstić information content (AvgIpc) is 3.41. The highest BCUT2D eigenvalue weighted by atomic mass is 19.4. The number of aliphatic carboxylic acids is 1. The van der Waals surface area contributed by atoms with Crippen LogP contribution in [-0.2, 0) is 9.53 Å². The van der Waals surface area contributed by atoms with E-state index in [4.69, 9.17) is 14.6 Å². The fraction of sp³-hybridized carbons (Fsp3) is 0.417. The molecule has 2 aliphatic heterocycles. The number of carboxylic acids is 1. The van der Waals surface area contributed by atoms with Gasteiger partial charge in [-0.2, -0.15) is 18.2 Å². The van der Waals surface area contributed by atoms with E-state index in [0.29, 0.717) is 5.95 Å². The Balaban J connectivity index is 0.000000426. The van der Waals surface area contributed by atoms with Crippen LogP contribution in [0.15, 0.2) is 48.9 Å². The molecule has 0 saturated carbocycles. The number of carbonyl (C=O) groups is 1. The number of hydrogen-bond acceptors (Lipinski definition) is 9. The zero-order valence-corrected chi connectivity index (χ0v) is 20.4. The fourth-order valence-corrected chi connectivity index (χ4v) is 3.94. The van der Waals surface area contributed by atoms with E-state index in [1.54, 1.807) is 17.2 Å². The first-order chi connectivity index (χ1) is 18.2. The van der Waals surface area contributed by atoms with Gasteiger partial charge in [-0.05, 0) is 43.2 Å². The molecule has 2 fully saturated rings. The number of piperidine rings is 1. The first-order valence-corrected chi connectivity index (χ1v) is 12.0. The molecular weight excluding hydrogens is 507 g/mol. The quantitative estimate of drug-likeness (QED) is 0.449. The molecule has 204 valence electrons. The SMILES string of the molecule is O=C(O)C(F)(F)F.OC1CCN(c2ncn(-c3ccnc(Nc4ccc(N5CCOCC5)cc4)c3)n2)CC1. The van der Waals surface area contributed by atoms with E-state index in [2.05, 4.69) is 54.4 Å². The van der Waals surface area contributed by atoms with Crippen LogP contribution in [0.4, 0.5) is 36.3 Å². The number of hydrogen-bond donors (Lipinski definition) is 3. The highest BCUT2D eigenvalue weighted by molar-refractivity contribution is 5.73. The molecule has 4 heterocycles. The van der Waals surface area contributed by atoms with Crippen molar-refractivity contribution in [3.8, 4) is 5.69 Å². The maximum atomic E-state index is 10.6. The van der Waals surface area contributed by atoms with Crippen molar-refractivity contribution in [1.29, 1.82) is 0 Å². The summed E-state index contributed by atoms with van der Waals surface area (Å²) in [4.78, 5) is 22.2. The minimum atomic E-state index is -5.08. The van der Waals surface area contributed by atoms with E-state index < -0.39 is 12.1 Å². The second-order valence-corrected chi connectivity index (χ2v) is 8.68. The Morgan fingerprint density at radius 2 is 1.63 bits per heavy atom. The van der Waals surface area contributed by atoms with E-state index in [1.165, 1.54) is 5.69 Å². The molecule has 0 bridgehead atoms. The second kappa shape index (κ2) is 12.1. The molecule has 3 aromatic rings. The van der Waals surface area contributed by atoms with Gasteiger partial charge in [0.15, 0.2) is 0 Å². The molecule has 1 aromatic carbocycles. The van der Waals surface area contributed by atoms with Crippen LogP contribution in [0, 0.1) is 0 Å². The van der Waals surface area contributed by atoms with Gasteiger partial charge in [-0.3, -0.25) is 0 Å². The predicted octanol–water partition coefficient (Wildman–Crippen LogP) is 2.84. The second-order valence-electron chi connectivity index (χ2n) is 8.68. The Kier molecular flexibility index (Phi) is 8.63. The summed E-state index contributed by atoms with van der Waals surface area (Å²) in [6, 6.07) is 12.2. The van der Waals surface area contributed by atoms with Crippen molar-refractivity contribution in [3.05, 3.63) is 48.9 Å². The van der Waals surface area contributed by atoms with Gasteiger partial charge in [0.25, 0.3) is 0 Å². The van der Waals surface area contributed by atoms with Gasteiger partial charge in [0.1, 0.15) is 12.1 Å². The van der Waals surface area contributed by atoms with Crippen LogP contribution < -0.4 is 15.1 Å². The number of rotatable bonds is 5. The van der Waals surface area contributed by atoms with Crippen LogP contribution in [0.5, 0.6) is 0 Å². The number of morpholine rings is 1. The van der Waals surface area contributed by atoms with Gasteiger partial charge in [-0.25, -0.2) is 14.5 Å². The lowest BCUT2D eigenvalue weighted by molar-refractivity contribution is -0.192. The van der Waals surface area contributed by atoms with Crippen molar-refractivity contribution >= 4 is 29.1 Å². The standard InChI is InChI=1S/C22H27N7O2.C2HF3O2/c30-20-6-9-28(10-7-20)22-24-16-29(26-22)19-5-8-23-21(15-19)25-17-1-3-18(4-2-17)27-11-13-31-14-12-27;3-2(4,5)1(6)7/h1-5,8,15-16,20,30H,6-7,9-14H2,(H,23,25);(H,6,7). The minimum absolute atomic E-state index is 0.213. The molecule has 3 N–H and O–H groups in total. The molecule has 38 heavy (non-hydrogen) atoms. The van der Waals surface area contributed by atoms with Gasteiger partial charge in [0, 0.05) is 49.8 Å². The highest BCUT2D eigenvalue weighted by Gasteiger charge is 2.38. The first kappa shape index (κ1) is 27.1. The molecule has 0 atom stereocenters. The van der Waals surface area contributed by atoms with Gasteiger partial charge in [-0.15, -0.1) is 5.10 Å². The first-order valence-electron chi connectivity index (χ1n) is 12.0. The number of halogens is 3. The number of pyridine rings is 1. The summed E-state index contributed by atoms with van der Waals surface area (Å²) in [5, 5.41) is 24.8. The van der Waals surface area contributed by atoms with Crippen LogP contribution in [-0.4, -0.2) is 87.6 Å². The van der Waals surface area contributed by atoms with Gasteiger partial charge < -0.3 is 30.1 Å². The van der Waals surface area contributed by atoms with Crippen molar-refractivity contribution in [1.82, 2.24) is 19.7 Å². The lowest BCUT2D eigenvalue weighted by Gasteiger charge is -2.28. The van der Waals surface area contributed by atoms with Crippen molar-refractivity contribution in [2.45, 2.75) is 25.1 Å². The van der Waals surface area contributed by atoms with Gasteiger partial charge in [0.05, 0.1) is 25.0 Å².